The van der Waals surface area contributed by atoms with E-state index >= 15 is 0 Å². The van der Waals surface area contributed by atoms with E-state index in [0.29, 0.717) is 11.8 Å². The van der Waals surface area contributed by atoms with Crippen molar-refractivity contribution in [2.24, 2.45) is 22.4 Å². The number of hydrogen-bond acceptors (Lipinski definition) is 4. The number of benzene rings is 1. The highest BCUT2D eigenvalue weighted by Crippen LogP contribution is 2.65. The molecule has 0 heterocycles. The number of rotatable bonds is 5. The zero-order valence-electron chi connectivity index (χ0n) is 16.6. The molecule has 0 aliphatic heterocycles. The highest BCUT2D eigenvalue weighted by molar-refractivity contribution is 7.84. The summed E-state index contributed by atoms with van der Waals surface area (Å²) in [4.78, 5) is 0. The van der Waals surface area contributed by atoms with Gasteiger partial charge in [0.15, 0.2) is 0 Å². The van der Waals surface area contributed by atoms with Crippen molar-refractivity contribution in [3.8, 4) is 5.75 Å². The van der Waals surface area contributed by atoms with Crippen molar-refractivity contribution >= 4 is 10.3 Å². The third-order valence-electron chi connectivity index (χ3n) is 7.98. The smallest absolute Gasteiger partial charge is 0.380 e. The molecule has 6 heteroatoms. The lowest BCUT2D eigenvalue weighted by Crippen LogP contribution is -2.51. The molecule has 2 saturated carbocycles. The maximum Gasteiger partial charge on any atom is 0.380 e. The summed E-state index contributed by atoms with van der Waals surface area (Å²) in [7, 11) is -4.03. The normalized spacial score (nSPS) is 36.9. The van der Waals surface area contributed by atoms with Crippen LogP contribution in [0.15, 0.2) is 30.9 Å². The third-order valence-corrected chi connectivity index (χ3v) is 8.41. The van der Waals surface area contributed by atoms with E-state index in [2.05, 4.69) is 13.5 Å². The molecule has 3 N–H and O–H groups in total. The lowest BCUT2D eigenvalue weighted by molar-refractivity contribution is -0.00754. The summed E-state index contributed by atoms with van der Waals surface area (Å²) in [6, 6.07) is 5.60. The average molecular weight is 406 g/mol. The van der Waals surface area contributed by atoms with Crippen molar-refractivity contribution in [2.75, 3.05) is 0 Å². The van der Waals surface area contributed by atoms with Crippen LogP contribution in [-0.4, -0.2) is 19.6 Å². The van der Waals surface area contributed by atoms with Crippen LogP contribution in [0.2, 0.25) is 0 Å². The van der Waals surface area contributed by atoms with Crippen LogP contribution in [0.25, 0.3) is 0 Å². The molecule has 28 heavy (non-hydrogen) atoms. The number of aliphatic hydroxyl groups is 1. The molecular formula is C22H31NO4S. The Morgan fingerprint density at radius 1 is 1.36 bits per heavy atom. The van der Waals surface area contributed by atoms with Gasteiger partial charge >= 0.3 is 10.3 Å². The van der Waals surface area contributed by atoms with Crippen molar-refractivity contribution in [3.05, 3.63) is 42.0 Å². The Bertz CT molecular complexity index is 883. The van der Waals surface area contributed by atoms with Gasteiger partial charge in [-0.3, -0.25) is 0 Å². The second-order valence-corrected chi connectivity index (χ2v) is 10.3. The predicted octanol–water partition coefficient (Wildman–Crippen LogP) is 3.61. The molecule has 0 bridgehead atoms. The number of nitrogens with two attached hydrogens (primary N) is 1. The highest BCUT2D eigenvalue weighted by Gasteiger charge is 2.59. The SMILES string of the molecule is C=CC[C@]12CC[C@]3(CC)C[C@H](O)CC3C1CCc1cc(OS(N)(=O)=O)ccc12. The minimum Gasteiger partial charge on any atom is -0.393 e. The fraction of sp³-hybridized carbons (Fsp3) is 0.636. The van der Waals surface area contributed by atoms with E-state index in [1.807, 2.05) is 18.2 Å². The molecule has 4 rings (SSSR count). The lowest BCUT2D eigenvalue weighted by atomic mass is 9.47. The van der Waals surface area contributed by atoms with Gasteiger partial charge in [0.05, 0.1) is 6.10 Å². The number of aryl methyl sites for hydroxylation is 1. The van der Waals surface area contributed by atoms with Crippen LogP contribution in [0.5, 0.6) is 5.75 Å². The zero-order valence-corrected chi connectivity index (χ0v) is 17.4. The maximum atomic E-state index is 11.3. The summed E-state index contributed by atoms with van der Waals surface area (Å²) in [6.45, 7) is 6.32. The summed E-state index contributed by atoms with van der Waals surface area (Å²) in [5.74, 6) is 1.34. The second kappa shape index (κ2) is 6.85. The van der Waals surface area contributed by atoms with Crippen LogP contribution in [0, 0.1) is 17.3 Å². The van der Waals surface area contributed by atoms with Crippen molar-refractivity contribution in [3.63, 3.8) is 0 Å². The van der Waals surface area contributed by atoms with Gasteiger partial charge in [0.2, 0.25) is 0 Å². The third kappa shape index (κ3) is 3.10. The zero-order chi connectivity index (χ0) is 20.2. The highest BCUT2D eigenvalue weighted by atomic mass is 32.2. The Morgan fingerprint density at radius 2 is 2.14 bits per heavy atom. The van der Waals surface area contributed by atoms with Crippen LogP contribution in [0.3, 0.4) is 0 Å². The van der Waals surface area contributed by atoms with E-state index in [1.165, 1.54) is 5.56 Å². The van der Waals surface area contributed by atoms with E-state index in [9.17, 15) is 13.5 Å². The van der Waals surface area contributed by atoms with Gasteiger partial charge in [-0.15, -0.1) is 6.58 Å². The molecule has 5 nitrogen and oxygen atoms in total. The molecule has 2 fully saturated rings. The monoisotopic (exact) mass is 405 g/mol. The van der Waals surface area contributed by atoms with E-state index in [4.69, 9.17) is 9.32 Å². The first-order valence-corrected chi connectivity index (χ1v) is 11.8. The Hall–Kier alpha value is -1.37. The van der Waals surface area contributed by atoms with Crippen molar-refractivity contribution < 1.29 is 17.7 Å². The molecule has 154 valence electrons. The molecule has 1 aromatic rings. The predicted molar refractivity (Wildman–Crippen MR) is 109 cm³/mol. The molecule has 0 saturated heterocycles. The van der Waals surface area contributed by atoms with Gasteiger partial charge in [0, 0.05) is 5.41 Å². The first kappa shape index (κ1) is 19.9. The van der Waals surface area contributed by atoms with Gasteiger partial charge in [-0.1, -0.05) is 25.5 Å². The van der Waals surface area contributed by atoms with Crippen LogP contribution in [-0.2, 0) is 22.1 Å². The second-order valence-electron chi connectivity index (χ2n) is 9.11. The standard InChI is InChI=1S/C22H31NO4S/c1-3-9-22-11-10-21(4-2)14-16(24)13-20(21)19(22)7-5-15-12-17(6-8-18(15)22)27-28(23,25)26/h3,6,8,12,16,19-20,24H,1,4-5,7,9-11,13-14H2,2H3,(H2,23,25,26)/t16-,19?,20?,21-,22-/m1/s1. The first-order chi connectivity index (χ1) is 13.2. The molecular weight excluding hydrogens is 374 g/mol. The Labute approximate surface area is 168 Å². The molecule has 0 aromatic heterocycles. The van der Waals surface area contributed by atoms with Gasteiger partial charge in [-0.05, 0) is 85.5 Å². The topological polar surface area (TPSA) is 89.6 Å². The minimum atomic E-state index is -4.03. The number of aliphatic hydroxyl groups excluding tert-OH is 1. The van der Waals surface area contributed by atoms with Gasteiger partial charge in [-0.2, -0.15) is 13.6 Å². The molecule has 0 radical (unpaired) electrons. The molecule has 1 aromatic carbocycles. The van der Waals surface area contributed by atoms with Crippen molar-refractivity contribution in [2.45, 2.75) is 69.8 Å². The number of fused-ring (bicyclic) bond motifs is 5. The van der Waals surface area contributed by atoms with Gasteiger partial charge < -0.3 is 9.29 Å². The number of hydrogen-bond donors (Lipinski definition) is 2. The first-order valence-electron chi connectivity index (χ1n) is 10.4. The molecule has 5 atom stereocenters. The average Bonchev–Trinajstić information content (AvgIpc) is 2.97. The maximum absolute atomic E-state index is 11.3. The van der Waals surface area contributed by atoms with E-state index in [1.54, 1.807) is 6.07 Å². The van der Waals surface area contributed by atoms with Crippen LogP contribution in [0.4, 0.5) is 0 Å². The van der Waals surface area contributed by atoms with Gasteiger partial charge in [-0.25, -0.2) is 0 Å². The lowest BCUT2D eigenvalue weighted by Gasteiger charge is -2.57. The van der Waals surface area contributed by atoms with E-state index < -0.39 is 10.3 Å². The summed E-state index contributed by atoms with van der Waals surface area (Å²) in [5.41, 5.74) is 2.74. The minimum absolute atomic E-state index is 0.0167. The van der Waals surface area contributed by atoms with Crippen LogP contribution < -0.4 is 9.32 Å². The van der Waals surface area contributed by atoms with E-state index in [-0.39, 0.29) is 22.7 Å². The van der Waals surface area contributed by atoms with Gasteiger partial charge in [0.1, 0.15) is 5.75 Å². The Balaban J connectivity index is 1.76. The van der Waals surface area contributed by atoms with Crippen LogP contribution >= 0.6 is 0 Å². The molecule has 3 aliphatic rings. The Morgan fingerprint density at radius 3 is 2.82 bits per heavy atom. The number of allylic oxidation sites excluding steroid dienone is 1. The molecule has 3 aliphatic carbocycles. The summed E-state index contributed by atoms with van der Waals surface area (Å²) in [6.07, 6.45) is 9.88. The fourth-order valence-corrected chi connectivity index (χ4v) is 7.32. The largest absolute Gasteiger partial charge is 0.393 e. The van der Waals surface area contributed by atoms with Crippen molar-refractivity contribution in [1.82, 2.24) is 0 Å². The fourth-order valence-electron chi connectivity index (χ4n) is 6.94. The summed E-state index contributed by atoms with van der Waals surface area (Å²) in [5, 5.41) is 15.5. The summed E-state index contributed by atoms with van der Waals surface area (Å²) < 4.78 is 27.5. The van der Waals surface area contributed by atoms with Gasteiger partial charge in [0.25, 0.3) is 0 Å². The Kier molecular flexibility index (Phi) is 4.88. The quantitative estimate of drug-likeness (QED) is 0.733. The molecule has 2 unspecified atom stereocenters. The molecule has 0 amide bonds. The molecule has 0 spiro atoms. The summed E-state index contributed by atoms with van der Waals surface area (Å²) >= 11 is 0. The van der Waals surface area contributed by atoms with E-state index in [0.717, 1.165) is 56.9 Å². The van der Waals surface area contributed by atoms with Crippen LogP contribution in [0.1, 0.15) is 63.0 Å². The van der Waals surface area contributed by atoms with Crippen molar-refractivity contribution in [1.29, 1.82) is 0 Å².